The second-order valence-corrected chi connectivity index (χ2v) is 6.50. The third-order valence-electron chi connectivity index (χ3n) is 4.60. The van der Waals surface area contributed by atoms with Gasteiger partial charge in [0.15, 0.2) is 0 Å². The number of rotatable bonds is 12. The van der Waals surface area contributed by atoms with E-state index in [0.29, 0.717) is 5.78 Å². The Kier molecular flexibility index (Phi) is 10.9. The smallest absolute Gasteiger partial charge is 0.132 e. The Morgan fingerprint density at radius 1 is 0.900 bits per heavy atom. The molecule has 1 rings (SSSR count). The van der Waals surface area contributed by atoms with Gasteiger partial charge in [0.2, 0.25) is 0 Å². The maximum atomic E-state index is 11.8. The van der Waals surface area contributed by atoms with Crippen LogP contribution in [0.4, 0.5) is 0 Å². The van der Waals surface area contributed by atoms with E-state index in [9.17, 15) is 4.79 Å². The van der Waals surface area contributed by atoms with Crippen molar-refractivity contribution >= 4 is 5.78 Å². The van der Waals surface area contributed by atoms with E-state index in [1.807, 2.05) is 0 Å². The molecule has 20 heavy (non-hydrogen) atoms. The topological polar surface area (TPSA) is 29.1 Å². The molecule has 1 fully saturated rings. The second kappa shape index (κ2) is 12.4. The maximum absolute atomic E-state index is 11.8. The van der Waals surface area contributed by atoms with Crippen molar-refractivity contribution in [1.82, 2.24) is 5.32 Å². The minimum atomic E-state index is 0.509. The van der Waals surface area contributed by atoms with Gasteiger partial charge in [-0.25, -0.2) is 0 Å². The first-order valence-corrected chi connectivity index (χ1v) is 9.05. The van der Waals surface area contributed by atoms with E-state index in [1.54, 1.807) is 0 Å². The Labute approximate surface area is 126 Å². The molecule has 118 valence electrons. The van der Waals surface area contributed by atoms with E-state index in [0.717, 1.165) is 44.7 Å². The molecule has 0 saturated carbocycles. The molecule has 1 heterocycles. The molecule has 1 aliphatic rings. The van der Waals surface area contributed by atoms with E-state index < -0.39 is 0 Å². The second-order valence-electron chi connectivity index (χ2n) is 6.50. The monoisotopic (exact) mass is 281 g/mol. The molecule has 0 aromatic carbocycles. The first-order valence-electron chi connectivity index (χ1n) is 9.05. The number of Topliss-reactive ketones (excluding diaryl/α,β-unsaturated/α-hetero) is 1. The molecular weight excluding hydrogens is 246 g/mol. The Morgan fingerprint density at radius 3 is 2.15 bits per heavy atom. The number of hydrogen-bond acceptors (Lipinski definition) is 2. The number of carbonyl (C=O) groups is 1. The summed E-state index contributed by atoms with van der Waals surface area (Å²) in [5.74, 6) is 1.31. The third kappa shape index (κ3) is 9.52. The van der Waals surface area contributed by atoms with Crippen LogP contribution in [0.25, 0.3) is 0 Å². The van der Waals surface area contributed by atoms with Crippen LogP contribution in [-0.2, 0) is 4.79 Å². The van der Waals surface area contributed by atoms with Gasteiger partial charge in [0.1, 0.15) is 5.78 Å². The van der Waals surface area contributed by atoms with Crippen LogP contribution in [0, 0.1) is 5.92 Å². The highest BCUT2D eigenvalue weighted by molar-refractivity contribution is 5.78. The summed E-state index contributed by atoms with van der Waals surface area (Å²) in [5, 5.41) is 3.38. The number of carbonyl (C=O) groups excluding carboxylic acids is 1. The fraction of sp³-hybridized carbons (Fsp3) is 0.944. The molecule has 0 bridgehead atoms. The molecule has 0 atom stereocenters. The van der Waals surface area contributed by atoms with Crippen LogP contribution in [0.1, 0.15) is 90.4 Å². The molecule has 0 unspecified atom stereocenters. The van der Waals surface area contributed by atoms with E-state index in [1.165, 1.54) is 57.8 Å². The molecule has 0 spiro atoms. The minimum Gasteiger partial charge on any atom is -0.317 e. The lowest BCUT2D eigenvalue weighted by Crippen LogP contribution is -2.27. The lowest BCUT2D eigenvalue weighted by Gasteiger charge is -2.22. The normalized spacial score (nSPS) is 16.4. The van der Waals surface area contributed by atoms with Gasteiger partial charge < -0.3 is 5.32 Å². The summed E-state index contributed by atoms with van der Waals surface area (Å²) in [4.78, 5) is 11.8. The number of nitrogens with one attached hydrogen (secondary N) is 1. The summed E-state index contributed by atoms with van der Waals surface area (Å²) in [6.45, 7) is 4.56. The minimum absolute atomic E-state index is 0.509. The van der Waals surface area contributed by atoms with Gasteiger partial charge in [-0.05, 0) is 44.7 Å². The van der Waals surface area contributed by atoms with Crippen LogP contribution >= 0.6 is 0 Å². The van der Waals surface area contributed by atoms with Crippen LogP contribution in [0.5, 0.6) is 0 Å². The number of ketones is 1. The summed E-state index contributed by atoms with van der Waals surface area (Å²) in [7, 11) is 0. The molecular formula is C18H35NO. The zero-order valence-electron chi connectivity index (χ0n) is 13.6. The van der Waals surface area contributed by atoms with Gasteiger partial charge in [-0.3, -0.25) is 4.79 Å². The zero-order chi connectivity index (χ0) is 14.5. The highest BCUT2D eigenvalue weighted by Crippen LogP contribution is 2.19. The van der Waals surface area contributed by atoms with Gasteiger partial charge in [0.05, 0.1) is 0 Å². The maximum Gasteiger partial charge on any atom is 0.132 e. The standard InChI is InChI=1S/C18H35NO/c1-2-3-4-5-6-7-8-9-10-18(20)12-11-17-13-15-19-16-14-17/h17,19H,2-16H2,1H3. The van der Waals surface area contributed by atoms with Crippen molar-refractivity contribution in [2.45, 2.75) is 90.4 Å². The summed E-state index contributed by atoms with van der Waals surface area (Å²) in [5.41, 5.74) is 0. The van der Waals surface area contributed by atoms with Gasteiger partial charge in [-0.15, -0.1) is 0 Å². The summed E-state index contributed by atoms with van der Waals surface area (Å²) in [6.07, 6.45) is 15.9. The van der Waals surface area contributed by atoms with Crippen molar-refractivity contribution in [3.05, 3.63) is 0 Å². The summed E-state index contributed by atoms with van der Waals surface area (Å²) in [6, 6.07) is 0. The third-order valence-corrected chi connectivity index (χ3v) is 4.60. The fourth-order valence-electron chi connectivity index (χ4n) is 3.12. The Bertz CT molecular complexity index is 234. The number of piperidine rings is 1. The molecule has 2 heteroatoms. The number of unbranched alkanes of at least 4 members (excludes halogenated alkanes) is 7. The first kappa shape index (κ1) is 17.7. The van der Waals surface area contributed by atoms with Gasteiger partial charge in [-0.2, -0.15) is 0 Å². The van der Waals surface area contributed by atoms with Crippen LogP contribution < -0.4 is 5.32 Å². The Balaban J connectivity index is 1.84. The molecule has 1 aliphatic heterocycles. The van der Waals surface area contributed by atoms with Gasteiger partial charge >= 0.3 is 0 Å². The van der Waals surface area contributed by atoms with E-state index in [4.69, 9.17) is 0 Å². The van der Waals surface area contributed by atoms with Crippen LogP contribution in [0.15, 0.2) is 0 Å². The van der Waals surface area contributed by atoms with Crippen molar-refractivity contribution in [2.24, 2.45) is 5.92 Å². The molecule has 1 N–H and O–H groups in total. The molecule has 0 aliphatic carbocycles. The Hall–Kier alpha value is -0.370. The molecule has 0 radical (unpaired) electrons. The van der Waals surface area contributed by atoms with E-state index in [-0.39, 0.29) is 0 Å². The summed E-state index contributed by atoms with van der Waals surface area (Å²) >= 11 is 0. The molecule has 0 amide bonds. The van der Waals surface area contributed by atoms with Crippen molar-refractivity contribution in [3.8, 4) is 0 Å². The quantitative estimate of drug-likeness (QED) is 0.517. The molecule has 0 aromatic heterocycles. The highest BCUT2D eigenvalue weighted by Gasteiger charge is 2.14. The van der Waals surface area contributed by atoms with E-state index in [2.05, 4.69) is 12.2 Å². The largest absolute Gasteiger partial charge is 0.317 e. The average molecular weight is 281 g/mol. The molecule has 2 nitrogen and oxygen atoms in total. The highest BCUT2D eigenvalue weighted by atomic mass is 16.1. The van der Waals surface area contributed by atoms with Crippen molar-refractivity contribution in [3.63, 3.8) is 0 Å². The van der Waals surface area contributed by atoms with E-state index >= 15 is 0 Å². The van der Waals surface area contributed by atoms with Gasteiger partial charge in [0, 0.05) is 12.8 Å². The van der Waals surface area contributed by atoms with Crippen molar-refractivity contribution in [2.75, 3.05) is 13.1 Å². The lowest BCUT2D eigenvalue weighted by atomic mass is 9.91. The SMILES string of the molecule is CCCCCCCCCCC(=O)CCC1CCNCC1. The van der Waals surface area contributed by atoms with Crippen molar-refractivity contribution in [1.29, 1.82) is 0 Å². The Morgan fingerprint density at radius 2 is 1.50 bits per heavy atom. The molecule has 0 aromatic rings. The van der Waals surface area contributed by atoms with Crippen LogP contribution in [0.3, 0.4) is 0 Å². The van der Waals surface area contributed by atoms with Crippen molar-refractivity contribution < 1.29 is 4.79 Å². The zero-order valence-corrected chi connectivity index (χ0v) is 13.6. The van der Waals surface area contributed by atoms with Crippen LogP contribution in [-0.4, -0.2) is 18.9 Å². The first-order chi connectivity index (χ1) is 9.83. The number of hydrogen-bond donors (Lipinski definition) is 1. The summed E-state index contributed by atoms with van der Waals surface area (Å²) < 4.78 is 0. The van der Waals surface area contributed by atoms with Gasteiger partial charge in [0.25, 0.3) is 0 Å². The van der Waals surface area contributed by atoms with Gasteiger partial charge in [-0.1, -0.05) is 51.9 Å². The van der Waals surface area contributed by atoms with Crippen LogP contribution in [0.2, 0.25) is 0 Å². The fourth-order valence-corrected chi connectivity index (χ4v) is 3.12. The predicted octanol–water partition coefficient (Wildman–Crippen LogP) is 4.87. The lowest BCUT2D eigenvalue weighted by molar-refractivity contribution is -0.119. The molecule has 1 saturated heterocycles. The average Bonchev–Trinajstić information content (AvgIpc) is 2.49. The predicted molar refractivity (Wildman–Crippen MR) is 87.1 cm³/mol.